The minimum absolute atomic E-state index is 0.220. The zero-order chi connectivity index (χ0) is 21.1. The van der Waals surface area contributed by atoms with Gasteiger partial charge in [0.15, 0.2) is 0 Å². The first-order chi connectivity index (χ1) is 14.5. The molecule has 5 heteroatoms. The number of aromatic nitrogens is 1. The van der Waals surface area contributed by atoms with E-state index in [0.29, 0.717) is 6.42 Å². The average molecular weight is 420 g/mol. The number of fused-ring (bicyclic) bond motifs is 1. The lowest BCUT2D eigenvalue weighted by Gasteiger charge is -2.10. The van der Waals surface area contributed by atoms with Gasteiger partial charge < -0.3 is 14.8 Å². The van der Waals surface area contributed by atoms with Crippen molar-refractivity contribution in [3.63, 3.8) is 0 Å². The second-order valence-electron chi connectivity index (χ2n) is 7.60. The zero-order valence-electron chi connectivity index (χ0n) is 17.0. The number of aryl methyl sites for hydroxylation is 2. The predicted octanol–water partition coefficient (Wildman–Crippen LogP) is 6.70. The lowest BCUT2D eigenvalue weighted by Crippen LogP contribution is -2.01. The normalized spacial score (nSPS) is 11.2. The highest BCUT2D eigenvalue weighted by molar-refractivity contribution is 7.14. The van der Waals surface area contributed by atoms with E-state index in [1.807, 2.05) is 18.2 Å². The summed E-state index contributed by atoms with van der Waals surface area (Å²) < 4.78 is 2.32. The fraction of sp³-hybridized carbons (Fsp3) is 0.240. The Balaban J connectivity index is 1.70. The maximum absolute atomic E-state index is 10.8. The standard InChI is InChI=1S/C25H25NO3S/c1-17-21-15-20(27)11-12-22(21)26(13-7-3-6-10-24(28)29)25(17)23-14-19(16-30-23)18-8-4-2-5-9-18/h2,4-5,8-9,11-12,14-16,27H,3,6-7,10,13H2,1H3,(H,28,29). The van der Waals surface area contributed by atoms with Gasteiger partial charge in [0.2, 0.25) is 0 Å². The van der Waals surface area contributed by atoms with E-state index in [-0.39, 0.29) is 12.2 Å². The van der Waals surface area contributed by atoms with Crippen molar-refractivity contribution in [3.05, 3.63) is 65.5 Å². The summed E-state index contributed by atoms with van der Waals surface area (Å²) in [5.74, 6) is -0.465. The molecule has 0 radical (unpaired) electrons. The van der Waals surface area contributed by atoms with Crippen LogP contribution in [-0.2, 0) is 11.3 Å². The first kappa shape index (κ1) is 20.2. The topological polar surface area (TPSA) is 62.5 Å². The van der Waals surface area contributed by atoms with E-state index in [2.05, 4.69) is 47.2 Å². The number of unbranched alkanes of at least 4 members (excludes halogenated alkanes) is 2. The van der Waals surface area contributed by atoms with Gasteiger partial charge >= 0.3 is 5.97 Å². The summed E-state index contributed by atoms with van der Waals surface area (Å²) in [6, 6.07) is 18.1. The minimum Gasteiger partial charge on any atom is -0.508 e. The van der Waals surface area contributed by atoms with Gasteiger partial charge in [-0.3, -0.25) is 4.79 Å². The number of carbonyl (C=O) groups is 1. The number of phenolic OH excluding ortho intramolecular Hbond substituents is 1. The number of nitrogens with zero attached hydrogens (tertiary/aromatic N) is 1. The van der Waals surface area contributed by atoms with Gasteiger partial charge in [-0.2, -0.15) is 0 Å². The van der Waals surface area contributed by atoms with Gasteiger partial charge in [-0.25, -0.2) is 0 Å². The van der Waals surface area contributed by atoms with Crippen molar-refractivity contribution in [3.8, 4) is 27.4 Å². The SMILES string of the molecule is Cc1c(-c2cc(-c3ccccc3)cs2)n(CCCCCC(=O)O)c2ccc(O)cc12. The van der Waals surface area contributed by atoms with E-state index in [9.17, 15) is 9.90 Å². The number of aliphatic carboxylic acids is 1. The Morgan fingerprint density at radius 2 is 1.80 bits per heavy atom. The van der Waals surface area contributed by atoms with Crippen LogP contribution in [-0.4, -0.2) is 20.7 Å². The van der Waals surface area contributed by atoms with Crippen LogP contribution in [0.15, 0.2) is 60.0 Å². The number of aromatic hydroxyl groups is 1. The molecular formula is C25H25NO3S. The number of benzene rings is 2. The molecule has 0 bridgehead atoms. The van der Waals surface area contributed by atoms with Crippen LogP contribution >= 0.6 is 11.3 Å². The van der Waals surface area contributed by atoms with Crippen LogP contribution in [0.2, 0.25) is 0 Å². The molecule has 4 aromatic rings. The number of rotatable bonds is 8. The molecular weight excluding hydrogens is 394 g/mol. The largest absolute Gasteiger partial charge is 0.508 e. The molecule has 4 rings (SSSR count). The lowest BCUT2D eigenvalue weighted by molar-refractivity contribution is -0.137. The predicted molar refractivity (Wildman–Crippen MR) is 123 cm³/mol. The van der Waals surface area contributed by atoms with Gasteiger partial charge in [-0.1, -0.05) is 36.8 Å². The molecule has 0 fully saturated rings. The van der Waals surface area contributed by atoms with Crippen molar-refractivity contribution in [2.45, 2.75) is 39.2 Å². The smallest absolute Gasteiger partial charge is 0.303 e. The van der Waals surface area contributed by atoms with Gasteiger partial charge in [-0.05, 0) is 66.1 Å². The van der Waals surface area contributed by atoms with Crippen LogP contribution in [0.3, 0.4) is 0 Å². The fourth-order valence-electron chi connectivity index (χ4n) is 4.03. The average Bonchev–Trinajstić information content (AvgIpc) is 3.31. The van der Waals surface area contributed by atoms with Crippen LogP contribution in [0.4, 0.5) is 0 Å². The molecule has 0 aliphatic carbocycles. The zero-order valence-corrected chi connectivity index (χ0v) is 17.8. The molecule has 0 amide bonds. The maximum Gasteiger partial charge on any atom is 0.303 e. The van der Waals surface area contributed by atoms with E-state index in [1.54, 1.807) is 17.4 Å². The van der Waals surface area contributed by atoms with Gasteiger partial charge in [0.1, 0.15) is 5.75 Å². The number of hydrogen-bond donors (Lipinski definition) is 2. The summed E-state index contributed by atoms with van der Waals surface area (Å²) in [7, 11) is 0. The van der Waals surface area contributed by atoms with E-state index in [4.69, 9.17) is 5.11 Å². The summed E-state index contributed by atoms with van der Waals surface area (Å²) >= 11 is 1.73. The second kappa shape index (κ2) is 8.76. The molecule has 2 aromatic heterocycles. The summed E-state index contributed by atoms with van der Waals surface area (Å²) in [6.45, 7) is 2.93. The Bertz CT molecular complexity index is 1170. The monoisotopic (exact) mass is 419 g/mol. The van der Waals surface area contributed by atoms with Crippen molar-refractivity contribution in [1.82, 2.24) is 4.57 Å². The summed E-state index contributed by atoms with van der Waals surface area (Å²) in [6.07, 6.45) is 2.71. The van der Waals surface area contributed by atoms with Crippen LogP contribution in [0, 0.1) is 6.92 Å². The third-order valence-corrected chi connectivity index (χ3v) is 6.45. The minimum atomic E-state index is -0.736. The van der Waals surface area contributed by atoms with Gasteiger partial charge in [0, 0.05) is 23.9 Å². The fourth-order valence-corrected chi connectivity index (χ4v) is 5.05. The van der Waals surface area contributed by atoms with Crippen molar-refractivity contribution < 1.29 is 15.0 Å². The quantitative estimate of drug-likeness (QED) is 0.313. The molecule has 0 aliphatic heterocycles. The molecule has 0 aliphatic rings. The number of hydrogen-bond acceptors (Lipinski definition) is 3. The van der Waals surface area contributed by atoms with Crippen molar-refractivity contribution in [1.29, 1.82) is 0 Å². The van der Waals surface area contributed by atoms with Gasteiger partial charge in [-0.15, -0.1) is 11.3 Å². The molecule has 0 saturated heterocycles. The summed E-state index contributed by atoms with van der Waals surface area (Å²) in [5, 5.41) is 22.1. The first-order valence-electron chi connectivity index (χ1n) is 10.2. The highest BCUT2D eigenvalue weighted by Crippen LogP contribution is 2.39. The van der Waals surface area contributed by atoms with Gasteiger partial charge in [0.25, 0.3) is 0 Å². The van der Waals surface area contributed by atoms with E-state index >= 15 is 0 Å². The molecule has 30 heavy (non-hydrogen) atoms. The van der Waals surface area contributed by atoms with Crippen molar-refractivity contribution in [2.24, 2.45) is 0 Å². The van der Waals surface area contributed by atoms with Crippen LogP contribution in [0.5, 0.6) is 5.75 Å². The molecule has 154 valence electrons. The molecule has 4 nitrogen and oxygen atoms in total. The number of carboxylic acid groups (broad SMARTS) is 1. The maximum atomic E-state index is 10.8. The Kier molecular flexibility index (Phi) is 5.91. The van der Waals surface area contributed by atoms with Crippen LogP contribution in [0.25, 0.3) is 32.6 Å². The Hall–Kier alpha value is -3.05. The summed E-state index contributed by atoms with van der Waals surface area (Å²) in [5.41, 5.74) is 5.85. The van der Waals surface area contributed by atoms with Crippen molar-refractivity contribution in [2.75, 3.05) is 0 Å². The first-order valence-corrected chi connectivity index (χ1v) is 11.1. The highest BCUT2D eigenvalue weighted by Gasteiger charge is 2.18. The van der Waals surface area contributed by atoms with Gasteiger partial charge in [0.05, 0.1) is 10.6 Å². The number of phenols is 1. The Labute approximate surface area is 180 Å². The molecule has 2 aromatic carbocycles. The van der Waals surface area contributed by atoms with Crippen LogP contribution < -0.4 is 0 Å². The molecule has 2 heterocycles. The van der Waals surface area contributed by atoms with E-state index in [0.717, 1.165) is 35.9 Å². The third kappa shape index (κ3) is 4.12. The van der Waals surface area contributed by atoms with Crippen LogP contribution in [0.1, 0.15) is 31.2 Å². The second-order valence-corrected chi connectivity index (χ2v) is 8.51. The number of carboxylic acids is 1. The molecule has 0 atom stereocenters. The third-order valence-electron chi connectivity index (χ3n) is 5.51. The van der Waals surface area contributed by atoms with Crippen molar-refractivity contribution >= 4 is 28.2 Å². The lowest BCUT2D eigenvalue weighted by atomic mass is 10.1. The summed E-state index contributed by atoms with van der Waals surface area (Å²) in [4.78, 5) is 12.0. The number of thiophene rings is 1. The highest BCUT2D eigenvalue weighted by atomic mass is 32.1. The molecule has 0 saturated carbocycles. The van der Waals surface area contributed by atoms with E-state index < -0.39 is 5.97 Å². The Morgan fingerprint density at radius 3 is 2.57 bits per heavy atom. The molecule has 0 spiro atoms. The Morgan fingerprint density at radius 1 is 1.00 bits per heavy atom. The molecule has 0 unspecified atom stereocenters. The van der Waals surface area contributed by atoms with E-state index in [1.165, 1.54) is 21.7 Å². The molecule has 2 N–H and O–H groups in total.